The number of aliphatic imine (C=N–C) groups is 1. The van der Waals surface area contributed by atoms with Gasteiger partial charge in [0.05, 0.1) is 19.8 Å². The van der Waals surface area contributed by atoms with Gasteiger partial charge in [0, 0.05) is 30.5 Å². The summed E-state index contributed by atoms with van der Waals surface area (Å²) in [4.78, 5) is 4.53. The molecule has 0 atom stereocenters. The Balaban J connectivity index is 2.06. The van der Waals surface area contributed by atoms with Crippen LogP contribution in [0.25, 0.3) is 0 Å². The molecule has 2 rings (SSSR count). The van der Waals surface area contributed by atoms with Gasteiger partial charge in [-0.3, -0.25) is 4.99 Å². The summed E-state index contributed by atoms with van der Waals surface area (Å²) in [6.45, 7) is 5.08. The first-order chi connectivity index (χ1) is 10.3. The van der Waals surface area contributed by atoms with Crippen molar-refractivity contribution in [2.75, 3.05) is 43.6 Å². The smallest absolute Gasteiger partial charge is 0.195 e. The number of benzene rings is 1. The van der Waals surface area contributed by atoms with Gasteiger partial charge in [0.25, 0.3) is 0 Å². The number of rotatable bonds is 5. The lowest BCUT2D eigenvalue weighted by Crippen LogP contribution is -2.30. The van der Waals surface area contributed by atoms with Crippen LogP contribution in [0.1, 0.15) is 13.3 Å². The zero-order chi connectivity index (χ0) is 14.9. The third-order valence-electron chi connectivity index (χ3n) is 2.92. The van der Waals surface area contributed by atoms with Crippen molar-refractivity contribution in [3.63, 3.8) is 0 Å². The van der Waals surface area contributed by atoms with Crippen LogP contribution in [0.3, 0.4) is 0 Å². The average molecular weight is 309 g/mol. The lowest BCUT2D eigenvalue weighted by atomic mass is 10.3. The van der Waals surface area contributed by atoms with Crippen molar-refractivity contribution in [2.45, 2.75) is 13.3 Å². The number of hydrogen-bond acceptors (Lipinski definition) is 4. The Kier molecular flexibility index (Phi) is 6.53. The number of ether oxygens (including phenoxy) is 2. The molecule has 0 aromatic heterocycles. The number of thioether (sulfide) groups is 1. The summed E-state index contributed by atoms with van der Waals surface area (Å²) in [7, 11) is 0. The molecule has 1 aliphatic rings. The standard InChI is InChI=1S/C15H23N3O2S/c1-3-16-15(17-7-10-21-2)18-12-5-6-13-14(11-12)20-9-4-8-19-13/h5-6,11H,3-4,7-10H2,1-2H3,(H2,16,17,18). The molecule has 0 saturated carbocycles. The minimum atomic E-state index is 0.693. The Morgan fingerprint density at radius 2 is 2.10 bits per heavy atom. The van der Waals surface area contributed by atoms with E-state index in [1.165, 1.54) is 0 Å². The van der Waals surface area contributed by atoms with Gasteiger partial charge in [0.1, 0.15) is 0 Å². The van der Waals surface area contributed by atoms with E-state index >= 15 is 0 Å². The minimum absolute atomic E-state index is 0.693. The average Bonchev–Trinajstić information content (AvgIpc) is 2.72. The lowest BCUT2D eigenvalue weighted by molar-refractivity contribution is 0.297. The molecule has 0 spiro atoms. The van der Waals surface area contributed by atoms with Crippen LogP contribution >= 0.6 is 11.8 Å². The highest BCUT2D eigenvalue weighted by Gasteiger charge is 2.11. The summed E-state index contributed by atoms with van der Waals surface area (Å²) in [5, 5.41) is 6.54. The Hall–Kier alpha value is -1.56. The zero-order valence-corrected chi connectivity index (χ0v) is 13.5. The number of guanidine groups is 1. The topological polar surface area (TPSA) is 54.9 Å². The molecule has 1 aromatic rings. The van der Waals surface area contributed by atoms with E-state index in [0.717, 1.165) is 48.4 Å². The zero-order valence-electron chi connectivity index (χ0n) is 12.6. The van der Waals surface area contributed by atoms with Gasteiger partial charge in [0.15, 0.2) is 17.5 Å². The third kappa shape index (κ3) is 5.04. The largest absolute Gasteiger partial charge is 0.490 e. The maximum Gasteiger partial charge on any atom is 0.195 e. The molecule has 6 heteroatoms. The first-order valence-electron chi connectivity index (χ1n) is 7.27. The summed E-state index contributed by atoms with van der Waals surface area (Å²) in [5.74, 6) is 3.40. The highest BCUT2D eigenvalue weighted by atomic mass is 32.2. The van der Waals surface area contributed by atoms with Crippen LogP contribution in [0.5, 0.6) is 11.5 Å². The van der Waals surface area contributed by atoms with Crippen LogP contribution in [-0.4, -0.2) is 44.3 Å². The van der Waals surface area contributed by atoms with E-state index in [1.807, 2.05) is 18.2 Å². The first-order valence-corrected chi connectivity index (χ1v) is 8.66. The van der Waals surface area contributed by atoms with Gasteiger partial charge in [-0.15, -0.1) is 0 Å². The molecule has 0 saturated heterocycles. The monoisotopic (exact) mass is 309 g/mol. The van der Waals surface area contributed by atoms with Crippen molar-refractivity contribution in [2.24, 2.45) is 4.99 Å². The molecule has 0 amide bonds. The van der Waals surface area contributed by atoms with Gasteiger partial charge < -0.3 is 20.1 Å². The third-order valence-corrected chi connectivity index (χ3v) is 3.51. The van der Waals surface area contributed by atoms with Gasteiger partial charge in [-0.05, 0) is 25.3 Å². The molecule has 116 valence electrons. The Bertz CT molecular complexity index is 480. The van der Waals surface area contributed by atoms with Gasteiger partial charge in [-0.25, -0.2) is 0 Å². The van der Waals surface area contributed by atoms with E-state index in [0.29, 0.717) is 13.2 Å². The Morgan fingerprint density at radius 1 is 1.29 bits per heavy atom. The van der Waals surface area contributed by atoms with E-state index in [4.69, 9.17) is 9.47 Å². The van der Waals surface area contributed by atoms with Crippen LogP contribution in [0.4, 0.5) is 5.69 Å². The number of anilines is 1. The summed E-state index contributed by atoms with van der Waals surface area (Å²) in [6, 6.07) is 5.88. The fourth-order valence-electron chi connectivity index (χ4n) is 1.93. The van der Waals surface area contributed by atoms with E-state index in [-0.39, 0.29) is 0 Å². The van der Waals surface area contributed by atoms with Crippen molar-refractivity contribution in [3.05, 3.63) is 18.2 Å². The predicted octanol–water partition coefficient (Wildman–Crippen LogP) is 2.59. The first kappa shape index (κ1) is 15.8. The second-order valence-electron chi connectivity index (χ2n) is 4.59. The predicted molar refractivity (Wildman–Crippen MR) is 90.0 cm³/mol. The van der Waals surface area contributed by atoms with Crippen LogP contribution < -0.4 is 20.1 Å². The molecule has 1 aromatic carbocycles. The van der Waals surface area contributed by atoms with E-state index in [2.05, 4.69) is 28.8 Å². The van der Waals surface area contributed by atoms with Crippen molar-refractivity contribution < 1.29 is 9.47 Å². The highest BCUT2D eigenvalue weighted by Crippen LogP contribution is 2.32. The van der Waals surface area contributed by atoms with Crippen LogP contribution in [0.2, 0.25) is 0 Å². The highest BCUT2D eigenvalue weighted by molar-refractivity contribution is 7.98. The second kappa shape index (κ2) is 8.67. The Morgan fingerprint density at radius 3 is 2.86 bits per heavy atom. The molecule has 0 unspecified atom stereocenters. The summed E-state index contributed by atoms with van der Waals surface area (Å²) >= 11 is 1.79. The lowest BCUT2D eigenvalue weighted by Gasteiger charge is -2.13. The molecule has 0 fully saturated rings. The molecule has 5 nitrogen and oxygen atoms in total. The molecular weight excluding hydrogens is 286 g/mol. The molecular formula is C15H23N3O2S. The van der Waals surface area contributed by atoms with Crippen LogP contribution in [0.15, 0.2) is 23.2 Å². The Labute approximate surface area is 130 Å². The van der Waals surface area contributed by atoms with Gasteiger partial charge in [-0.1, -0.05) is 0 Å². The van der Waals surface area contributed by atoms with Crippen molar-refractivity contribution in [1.82, 2.24) is 5.32 Å². The fourth-order valence-corrected chi connectivity index (χ4v) is 2.21. The summed E-state index contributed by atoms with van der Waals surface area (Å²) in [5.41, 5.74) is 0.947. The van der Waals surface area contributed by atoms with Crippen LogP contribution in [0, 0.1) is 0 Å². The number of nitrogens with zero attached hydrogens (tertiary/aromatic N) is 1. The van der Waals surface area contributed by atoms with Crippen molar-refractivity contribution in [3.8, 4) is 11.5 Å². The number of nitrogens with one attached hydrogen (secondary N) is 2. The van der Waals surface area contributed by atoms with Crippen molar-refractivity contribution in [1.29, 1.82) is 0 Å². The normalized spacial score (nSPS) is 14.5. The maximum absolute atomic E-state index is 5.70. The van der Waals surface area contributed by atoms with Gasteiger partial charge in [0.2, 0.25) is 0 Å². The second-order valence-corrected chi connectivity index (χ2v) is 5.58. The minimum Gasteiger partial charge on any atom is -0.490 e. The summed E-state index contributed by atoms with van der Waals surface area (Å²) in [6.07, 6.45) is 3.00. The van der Waals surface area contributed by atoms with E-state index in [9.17, 15) is 0 Å². The molecule has 1 aliphatic heterocycles. The SMILES string of the molecule is CCNC(=NCCSC)Nc1ccc2c(c1)OCCCO2. The quantitative estimate of drug-likeness (QED) is 0.497. The van der Waals surface area contributed by atoms with Gasteiger partial charge >= 0.3 is 0 Å². The van der Waals surface area contributed by atoms with E-state index in [1.54, 1.807) is 11.8 Å². The van der Waals surface area contributed by atoms with Gasteiger partial charge in [-0.2, -0.15) is 11.8 Å². The van der Waals surface area contributed by atoms with Crippen molar-refractivity contribution >= 4 is 23.4 Å². The summed E-state index contributed by atoms with van der Waals surface area (Å²) < 4.78 is 11.3. The fraction of sp³-hybridized carbons (Fsp3) is 0.533. The molecule has 0 bridgehead atoms. The molecule has 0 radical (unpaired) electrons. The maximum atomic E-state index is 5.70. The molecule has 2 N–H and O–H groups in total. The number of hydrogen-bond donors (Lipinski definition) is 2. The molecule has 0 aliphatic carbocycles. The van der Waals surface area contributed by atoms with E-state index < -0.39 is 0 Å². The van der Waals surface area contributed by atoms with Crippen LogP contribution in [-0.2, 0) is 0 Å². The molecule has 1 heterocycles. The molecule has 21 heavy (non-hydrogen) atoms. The number of fused-ring (bicyclic) bond motifs is 1.